The van der Waals surface area contributed by atoms with Crippen LogP contribution < -0.4 is 10.1 Å². The van der Waals surface area contributed by atoms with Crippen LogP contribution in [-0.4, -0.2) is 31.1 Å². The smallest absolute Gasteiger partial charge is 0.333 e. The molecular weight excluding hydrogens is 404 g/mol. The van der Waals surface area contributed by atoms with E-state index in [9.17, 15) is 9.59 Å². The summed E-state index contributed by atoms with van der Waals surface area (Å²) in [5, 5.41) is 3.51. The third-order valence-corrected chi connectivity index (χ3v) is 5.19. The number of pyridine rings is 1. The zero-order valence-corrected chi connectivity index (χ0v) is 17.7. The zero-order chi connectivity index (χ0) is 22.5. The molecule has 6 nitrogen and oxygen atoms in total. The maximum Gasteiger partial charge on any atom is 0.333 e. The summed E-state index contributed by atoms with van der Waals surface area (Å²) >= 11 is 0. The number of nitrogens with one attached hydrogen (secondary N) is 1. The number of hydrogen-bond donors (Lipinski definition) is 1. The van der Waals surface area contributed by atoms with Gasteiger partial charge in [0, 0.05) is 10.9 Å². The highest BCUT2D eigenvalue weighted by molar-refractivity contribution is 6.08. The Morgan fingerprint density at radius 1 is 0.875 bits per heavy atom. The number of nitrogens with zero attached hydrogens (tertiary/aromatic N) is 1. The number of para-hydroxylation sites is 2. The van der Waals surface area contributed by atoms with Crippen LogP contribution in [-0.2, 0) is 9.53 Å². The fourth-order valence-electron chi connectivity index (χ4n) is 3.61. The van der Waals surface area contributed by atoms with Gasteiger partial charge in [0.15, 0.2) is 6.04 Å². The number of methoxy groups -OCH3 is 2. The van der Waals surface area contributed by atoms with Crippen LogP contribution in [0.4, 0.5) is 0 Å². The number of amides is 1. The highest BCUT2D eigenvalue weighted by Crippen LogP contribution is 2.31. The fourth-order valence-corrected chi connectivity index (χ4v) is 3.61. The predicted molar refractivity (Wildman–Crippen MR) is 122 cm³/mol. The minimum absolute atomic E-state index is 0.404. The van der Waals surface area contributed by atoms with Gasteiger partial charge in [-0.15, -0.1) is 0 Å². The maximum atomic E-state index is 13.4. The van der Waals surface area contributed by atoms with Crippen LogP contribution in [0.25, 0.3) is 22.2 Å². The summed E-state index contributed by atoms with van der Waals surface area (Å²) in [6.45, 7) is 0. The normalized spacial score (nSPS) is 11.6. The van der Waals surface area contributed by atoms with E-state index in [-0.39, 0.29) is 0 Å². The number of benzene rings is 3. The van der Waals surface area contributed by atoms with Crippen molar-refractivity contribution in [3.8, 4) is 17.0 Å². The predicted octanol–water partition coefficient (Wildman–Crippen LogP) is 4.55. The van der Waals surface area contributed by atoms with Gasteiger partial charge in [0.05, 0.1) is 31.0 Å². The zero-order valence-electron chi connectivity index (χ0n) is 17.7. The van der Waals surface area contributed by atoms with E-state index in [1.807, 2.05) is 54.6 Å². The minimum atomic E-state index is -0.935. The molecule has 6 heteroatoms. The molecule has 1 heterocycles. The fraction of sp³-hybridized carbons (Fsp3) is 0.115. The first kappa shape index (κ1) is 21.1. The van der Waals surface area contributed by atoms with E-state index in [2.05, 4.69) is 5.32 Å². The van der Waals surface area contributed by atoms with E-state index >= 15 is 0 Å². The summed E-state index contributed by atoms with van der Waals surface area (Å²) in [4.78, 5) is 30.6. The molecule has 4 rings (SSSR count). The molecule has 0 radical (unpaired) electrons. The molecule has 0 saturated carbocycles. The third kappa shape index (κ3) is 4.16. The molecule has 0 aliphatic carbocycles. The molecule has 160 valence electrons. The maximum absolute atomic E-state index is 13.4. The van der Waals surface area contributed by atoms with E-state index in [4.69, 9.17) is 14.5 Å². The Hall–Kier alpha value is -4.19. The Balaban J connectivity index is 1.80. The molecule has 0 fully saturated rings. The van der Waals surface area contributed by atoms with Crippen molar-refractivity contribution in [1.29, 1.82) is 0 Å². The molecule has 4 aromatic rings. The Morgan fingerprint density at radius 3 is 2.31 bits per heavy atom. The van der Waals surface area contributed by atoms with Gasteiger partial charge < -0.3 is 14.8 Å². The molecule has 0 aliphatic heterocycles. The minimum Gasteiger partial charge on any atom is -0.496 e. The van der Waals surface area contributed by atoms with E-state index in [0.717, 1.165) is 5.56 Å². The van der Waals surface area contributed by atoms with Crippen LogP contribution in [0.15, 0.2) is 84.9 Å². The Bertz CT molecular complexity index is 1270. The summed E-state index contributed by atoms with van der Waals surface area (Å²) in [7, 11) is 2.89. The van der Waals surface area contributed by atoms with Crippen molar-refractivity contribution >= 4 is 22.8 Å². The summed E-state index contributed by atoms with van der Waals surface area (Å²) in [6.07, 6.45) is 0. The first-order valence-corrected chi connectivity index (χ1v) is 10.1. The lowest BCUT2D eigenvalue weighted by atomic mass is 10.0. The number of ether oxygens (including phenoxy) is 2. The molecule has 32 heavy (non-hydrogen) atoms. The average Bonchev–Trinajstić information content (AvgIpc) is 2.86. The molecule has 1 N–H and O–H groups in total. The Kier molecular flexibility index (Phi) is 6.12. The lowest BCUT2D eigenvalue weighted by molar-refractivity contribution is -0.143. The number of esters is 1. The summed E-state index contributed by atoms with van der Waals surface area (Å²) in [5.74, 6) is -0.301. The van der Waals surface area contributed by atoms with Gasteiger partial charge in [-0.1, -0.05) is 60.7 Å². The molecule has 0 spiro atoms. The second-order valence-electron chi connectivity index (χ2n) is 7.11. The number of hydrogen-bond acceptors (Lipinski definition) is 5. The molecule has 1 amide bonds. The number of rotatable bonds is 6. The van der Waals surface area contributed by atoms with Crippen molar-refractivity contribution in [3.05, 3.63) is 96.1 Å². The first-order valence-electron chi connectivity index (χ1n) is 10.1. The van der Waals surface area contributed by atoms with E-state index in [1.165, 1.54) is 7.11 Å². The van der Waals surface area contributed by atoms with Crippen molar-refractivity contribution in [3.63, 3.8) is 0 Å². The van der Waals surface area contributed by atoms with Gasteiger partial charge in [0.2, 0.25) is 0 Å². The van der Waals surface area contributed by atoms with Crippen molar-refractivity contribution in [1.82, 2.24) is 10.3 Å². The molecule has 0 bridgehead atoms. The van der Waals surface area contributed by atoms with Crippen LogP contribution in [0.2, 0.25) is 0 Å². The van der Waals surface area contributed by atoms with Gasteiger partial charge in [0.1, 0.15) is 5.75 Å². The molecule has 0 saturated heterocycles. The Labute approximate surface area is 185 Å². The van der Waals surface area contributed by atoms with E-state index in [0.29, 0.717) is 33.5 Å². The SMILES string of the molecule is COC(=O)[C@H](NC(=O)c1cc(-c2ccccc2OC)nc2ccccc12)c1ccccc1. The van der Waals surface area contributed by atoms with Crippen LogP contribution >= 0.6 is 0 Å². The van der Waals surface area contributed by atoms with Crippen molar-refractivity contribution in [2.24, 2.45) is 0 Å². The lowest BCUT2D eigenvalue weighted by Gasteiger charge is -2.18. The lowest BCUT2D eigenvalue weighted by Crippen LogP contribution is -2.34. The largest absolute Gasteiger partial charge is 0.496 e. The van der Waals surface area contributed by atoms with Crippen LogP contribution in [0, 0.1) is 0 Å². The van der Waals surface area contributed by atoms with Crippen molar-refractivity contribution in [2.75, 3.05) is 14.2 Å². The summed E-state index contributed by atoms with van der Waals surface area (Å²) in [5.41, 5.74) is 3.07. The highest BCUT2D eigenvalue weighted by Gasteiger charge is 2.25. The van der Waals surface area contributed by atoms with E-state index in [1.54, 1.807) is 37.4 Å². The van der Waals surface area contributed by atoms with Gasteiger partial charge in [-0.3, -0.25) is 4.79 Å². The van der Waals surface area contributed by atoms with Gasteiger partial charge in [-0.25, -0.2) is 9.78 Å². The second kappa shape index (κ2) is 9.31. The molecule has 0 aliphatic rings. The van der Waals surface area contributed by atoms with Crippen LogP contribution in [0.3, 0.4) is 0 Å². The molecule has 1 atom stereocenters. The van der Waals surface area contributed by atoms with Crippen molar-refractivity contribution < 1.29 is 19.1 Å². The van der Waals surface area contributed by atoms with Gasteiger partial charge >= 0.3 is 5.97 Å². The highest BCUT2D eigenvalue weighted by atomic mass is 16.5. The first-order chi connectivity index (χ1) is 15.6. The number of carbonyl (C=O) groups excluding carboxylic acids is 2. The molecule has 1 aromatic heterocycles. The third-order valence-electron chi connectivity index (χ3n) is 5.19. The molecule has 0 unspecified atom stereocenters. The molecule has 3 aromatic carbocycles. The monoisotopic (exact) mass is 426 g/mol. The topological polar surface area (TPSA) is 77.5 Å². The molecular formula is C26H22N2O4. The second-order valence-corrected chi connectivity index (χ2v) is 7.11. The van der Waals surface area contributed by atoms with Gasteiger partial charge in [-0.05, 0) is 29.8 Å². The van der Waals surface area contributed by atoms with Crippen LogP contribution in [0.1, 0.15) is 22.0 Å². The average molecular weight is 426 g/mol. The quantitative estimate of drug-likeness (QED) is 0.458. The summed E-state index contributed by atoms with van der Waals surface area (Å²) in [6, 6.07) is 24.7. The van der Waals surface area contributed by atoms with Gasteiger partial charge in [-0.2, -0.15) is 0 Å². The van der Waals surface area contributed by atoms with Crippen molar-refractivity contribution in [2.45, 2.75) is 6.04 Å². The summed E-state index contributed by atoms with van der Waals surface area (Å²) < 4.78 is 10.4. The van der Waals surface area contributed by atoms with Gasteiger partial charge in [0.25, 0.3) is 5.91 Å². The number of carbonyl (C=O) groups is 2. The standard InChI is InChI=1S/C26H22N2O4/c1-31-23-15-9-7-13-19(23)22-16-20(18-12-6-8-14-21(18)27-22)25(29)28-24(26(30)32-2)17-10-4-3-5-11-17/h3-16,24H,1-2H3,(H,28,29)/t24-/m1/s1. The van der Waals surface area contributed by atoms with Crippen LogP contribution in [0.5, 0.6) is 5.75 Å². The number of fused-ring (bicyclic) bond motifs is 1. The number of aromatic nitrogens is 1. The van der Waals surface area contributed by atoms with E-state index < -0.39 is 17.9 Å². The Morgan fingerprint density at radius 2 is 1.56 bits per heavy atom.